The third kappa shape index (κ3) is 5.30. The predicted octanol–water partition coefficient (Wildman–Crippen LogP) is 1.70. The molecule has 0 bridgehead atoms. The van der Waals surface area contributed by atoms with E-state index in [0.29, 0.717) is 6.42 Å². The van der Waals surface area contributed by atoms with Crippen molar-refractivity contribution in [1.82, 2.24) is 5.32 Å². The Bertz CT molecular complexity index is 459. The molecule has 0 aromatic heterocycles. The molecular weight excluding hydrogens is 258 g/mol. The van der Waals surface area contributed by atoms with Crippen molar-refractivity contribution in [3.05, 3.63) is 29.8 Å². The Morgan fingerprint density at radius 3 is 2.65 bits per heavy atom. The molecule has 0 saturated carbocycles. The second kappa shape index (κ2) is 8.19. The summed E-state index contributed by atoms with van der Waals surface area (Å²) in [5, 5.41) is 2.84. The summed E-state index contributed by atoms with van der Waals surface area (Å²) in [7, 11) is 2.93. The van der Waals surface area contributed by atoms with Crippen LogP contribution in [0.3, 0.4) is 0 Å². The smallest absolute Gasteiger partial charge is 0.307 e. The Labute approximate surface area is 119 Å². The number of ether oxygens (including phenoxy) is 2. The Kier molecular flexibility index (Phi) is 6.56. The fourth-order valence-electron chi connectivity index (χ4n) is 1.83. The van der Waals surface area contributed by atoms with E-state index in [1.54, 1.807) is 7.11 Å². The molecule has 0 spiro atoms. The zero-order chi connectivity index (χ0) is 15.0. The molecule has 0 radical (unpaired) electrons. The standard InChI is InChI=1S/C15H21NO4/c1-4-12(10-15(18)20-3)16-14(17)9-11-6-5-7-13(8-11)19-2/h5-8,12H,4,9-10H2,1-3H3,(H,16,17). The van der Waals surface area contributed by atoms with E-state index in [-0.39, 0.29) is 30.8 Å². The molecule has 5 heteroatoms. The summed E-state index contributed by atoms with van der Waals surface area (Å²) < 4.78 is 9.72. The number of hydrogen-bond donors (Lipinski definition) is 1. The molecule has 0 aliphatic heterocycles. The van der Waals surface area contributed by atoms with Crippen molar-refractivity contribution in [1.29, 1.82) is 0 Å². The number of carbonyl (C=O) groups excluding carboxylic acids is 2. The molecule has 1 rings (SSSR count). The van der Waals surface area contributed by atoms with Crippen LogP contribution in [0.5, 0.6) is 5.75 Å². The van der Waals surface area contributed by atoms with Gasteiger partial charge in [-0.15, -0.1) is 0 Å². The van der Waals surface area contributed by atoms with Crippen LogP contribution >= 0.6 is 0 Å². The Morgan fingerprint density at radius 1 is 1.30 bits per heavy atom. The van der Waals surface area contributed by atoms with Crippen molar-refractivity contribution in [3.63, 3.8) is 0 Å². The van der Waals surface area contributed by atoms with Crippen LogP contribution in [-0.2, 0) is 20.7 Å². The van der Waals surface area contributed by atoms with Crippen LogP contribution in [0.15, 0.2) is 24.3 Å². The van der Waals surface area contributed by atoms with Crippen molar-refractivity contribution >= 4 is 11.9 Å². The van der Waals surface area contributed by atoms with Crippen LogP contribution in [0.2, 0.25) is 0 Å². The van der Waals surface area contributed by atoms with Crippen molar-refractivity contribution in [2.45, 2.75) is 32.2 Å². The third-order valence-corrected chi connectivity index (χ3v) is 3.00. The quantitative estimate of drug-likeness (QED) is 0.771. The van der Waals surface area contributed by atoms with Gasteiger partial charge in [0.05, 0.1) is 27.1 Å². The minimum absolute atomic E-state index is 0.117. The summed E-state index contributed by atoms with van der Waals surface area (Å²) in [5.74, 6) is 0.282. The van der Waals surface area contributed by atoms with E-state index < -0.39 is 0 Å². The van der Waals surface area contributed by atoms with E-state index in [2.05, 4.69) is 10.1 Å². The SMILES string of the molecule is CCC(CC(=O)OC)NC(=O)Cc1cccc(OC)c1. The molecule has 5 nitrogen and oxygen atoms in total. The van der Waals surface area contributed by atoms with E-state index in [0.717, 1.165) is 11.3 Å². The lowest BCUT2D eigenvalue weighted by Crippen LogP contribution is -2.37. The average Bonchev–Trinajstić information content (AvgIpc) is 2.46. The molecule has 0 aliphatic rings. The van der Waals surface area contributed by atoms with Crippen LogP contribution < -0.4 is 10.1 Å². The number of methoxy groups -OCH3 is 2. The van der Waals surface area contributed by atoms with Crippen LogP contribution in [0, 0.1) is 0 Å². The van der Waals surface area contributed by atoms with Gasteiger partial charge in [-0.2, -0.15) is 0 Å². The van der Waals surface area contributed by atoms with E-state index in [1.165, 1.54) is 7.11 Å². The van der Waals surface area contributed by atoms with Crippen LogP contribution in [0.4, 0.5) is 0 Å². The molecule has 1 unspecified atom stereocenters. The van der Waals surface area contributed by atoms with Crippen molar-refractivity contribution in [2.75, 3.05) is 14.2 Å². The first-order valence-corrected chi connectivity index (χ1v) is 6.58. The fraction of sp³-hybridized carbons (Fsp3) is 0.467. The van der Waals surface area contributed by atoms with Crippen LogP contribution in [-0.4, -0.2) is 32.1 Å². The Balaban J connectivity index is 2.54. The van der Waals surface area contributed by atoms with Gasteiger partial charge in [-0.25, -0.2) is 0 Å². The second-order valence-electron chi connectivity index (χ2n) is 4.48. The van der Waals surface area contributed by atoms with Gasteiger partial charge in [0, 0.05) is 6.04 Å². The number of benzene rings is 1. The molecule has 0 fully saturated rings. The number of rotatable bonds is 7. The summed E-state index contributed by atoms with van der Waals surface area (Å²) in [6, 6.07) is 7.16. The molecular formula is C15H21NO4. The highest BCUT2D eigenvalue weighted by Gasteiger charge is 2.15. The number of carbonyl (C=O) groups is 2. The second-order valence-corrected chi connectivity index (χ2v) is 4.48. The zero-order valence-corrected chi connectivity index (χ0v) is 12.1. The van der Waals surface area contributed by atoms with Gasteiger partial charge in [-0.1, -0.05) is 19.1 Å². The van der Waals surface area contributed by atoms with Crippen molar-refractivity contribution in [3.8, 4) is 5.75 Å². The highest BCUT2D eigenvalue weighted by molar-refractivity contribution is 5.80. The maximum Gasteiger partial charge on any atom is 0.307 e. The number of amides is 1. The number of nitrogens with one attached hydrogen (secondary N) is 1. The molecule has 1 aromatic rings. The first kappa shape index (κ1) is 16.0. The highest BCUT2D eigenvalue weighted by Crippen LogP contribution is 2.13. The third-order valence-electron chi connectivity index (χ3n) is 3.00. The van der Waals surface area contributed by atoms with Gasteiger partial charge in [0.2, 0.25) is 5.91 Å². The predicted molar refractivity (Wildman–Crippen MR) is 75.6 cm³/mol. The van der Waals surface area contributed by atoms with Crippen molar-refractivity contribution in [2.24, 2.45) is 0 Å². The summed E-state index contributed by atoms with van der Waals surface area (Å²) >= 11 is 0. The summed E-state index contributed by atoms with van der Waals surface area (Å²) in [6.45, 7) is 1.92. The zero-order valence-electron chi connectivity index (χ0n) is 12.1. The van der Waals surface area contributed by atoms with Gasteiger partial charge >= 0.3 is 5.97 Å². The van der Waals surface area contributed by atoms with Gasteiger partial charge in [0.25, 0.3) is 0 Å². The average molecular weight is 279 g/mol. The van der Waals surface area contributed by atoms with E-state index >= 15 is 0 Å². The van der Waals surface area contributed by atoms with Crippen molar-refractivity contribution < 1.29 is 19.1 Å². The molecule has 0 saturated heterocycles. The largest absolute Gasteiger partial charge is 0.497 e. The fourth-order valence-corrected chi connectivity index (χ4v) is 1.83. The summed E-state index contributed by atoms with van der Waals surface area (Å²) in [4.78, 5) is 23.2. The molecule has 0 aliphatic carbocycles. The van der Waals surface area contributed by atoms with Gasteiger partial charge in [0.15, 0.2) is 0 Å². The van der Waals surface area contributed by atoms with Gasteiger partial charge in [-0.05, 0) is 24.1 Å². The molecule has 1 aromatic carbocycles. The minimum atomic E-state index is -0.321. The van der Waals surface area contributed by atoms with Crippen LogP contribution in [0.1, 0.15) is 25.3 Å². The molecule has 20 heavy (non-hydrogen) atoms. The number of hydrogen-bond acceptors (Lipinski definition) is 4. The first-order valence-electron chi connectivity index (χ1n) is 6.58. The van der Waals surface area contributed by atoms with Gasteiger partial charge in [-0.3, -0.25) is 9.59 Å². The minimum Gasteiger partial charge on any atom is -0.497 e. The molecule has 1 atom stereocenters. The molecule has 110 valence electrons. The summed E-state index contributed by atoms with van der Waals surface area (Å²) in [6.07, 6.45) is 1.13. The maximum atomic E-state index is 11.9. The van der Waals surface area contributed by atoms with E-state index in [1.807, 2.05) is 31.2 Å². The Morgan fingerprint density at radius 2 is 2.05 bits per heavy atom. The maximum absolute atomic E-state index is 11.9. The molecule has 1 amide bonds. The normalized spacial score (nSPS) is 11.6. The highest BCUT2D eigenvalue weighted by atomic mass is 16.5. The lowest BCUT2D eigenvalue weighted by Gasteiger charge is -2.15. The molecule has 0 heterocycles. The van der Waals surface area contributed by atoms with E-state index in [9.17, 15) is 9.59 Å². The van der Waals surface area contributed by atoms with Gasteiger partial charge < -0.3 is 14.8 Å². The van der Waals surface area contributed by atoms with E-state index in [4.69, 9.17) is 4.74 Å². The molecule has 1 N–H and O–H groups in total. The first-order chi connectivity index (χ1) is 9.58. The topological polar surface area (TPSA) is 64.6 Å². The summed E-state index contributed by atoms with van der Waals surface area (Å²) in [5.41, 5.74) is 0.870. The van der Waals surface area contributed by atoms with Gasteiger partial charge in [0.1, 0.15) is 5.75 Å². The Hall–Kier alpha value is -2.04. The lowest BCUT2D eigenvalue weighted by atomic mass is 10.1. The van der Waals surface area contributed by atoms with Crippen LogP contribution in [0.25, 0.3) is 0 Å². The lowest BCUT2D eigenvalue weighted by molar-refractivity contribution is -0.141. The monoisotopic (exact) mass is 279 g/mol. The number of esters is 1.